The number of aliphatic hydroxyl groups is 3. The molecule has 1 amide bonds. The predicted molar refractivity (Wildman–Crippen MR) is 186 cm³/mol. The highest BCUT2D eigenvalue weighted by Gasteiger charge is 2.47. The third-order valence-corrected chi connectivity index (χ3v) is 10.3. The number of rotatable bonds is 13. The van der Waals surface area contributed by atoms with Gasteiger partial charge in [-0.1, -0.05) is 45.1 Å². The fourth-order valence-corrected chi connectivity index (χ4v) is 6.67. The Hall–Kier alpha value is -2.81. The fraction of sp³-hybridized carbons (Fsp3) is 0.757. The van der Waals surface area contributed by atoms with Gasteiger partial charge >= 0.3 is 18.0 Å². The van der Waals surface area contributed by atoms with Crippen molar-refractivity contribution in [1.82, 2.24) is 10.2 Å². The number of carbonyl (C=O) groups excluding carboxylic acids is 2. The van der Waals surface area contributed by atoms with Gasteiger partial charge in [0.05, 0.1) is 36.4 Å². The molecule has 0 aliphatic carbocycles. The summed E-state index contributed by atoms with van der Waals surface area (Å²) >= 11 is 0. The number of amides is 1. The molecule has 5 N–H and O–H groups in total. The first-order chi connectivity index (χ1) is 23.5. The average Bonchev–Trinajstić information content (AvgIpc) is 3.83. The molecule has 0 bridgehead atoms. The maximum atomic E-state index is 13.5. The van der Waals surface area contributed by atoms with Crippen LogP contribution in [0.4, 0.5) is 4.79 Å². The highest BCUT2D eigenvalue weighted by molar-refractivity contribution is 5.70. The van der Waals surface area contributed by atoms with Gasteiger partial charge in [0.2, 0.25) is 0 Å². The van der Waals surface area contributed by atoms with Crippen LogP contribution in [0.15, 0.2) is 36.0 Å². The molecule has 0 unspecified atom stereocenters. The zero-order valence-electron chi connectivity index (χ0n) is 30.7. The Morgan fingerprint density at radius 2 is 2.02 bits per heavy atom. The van der Waals surface area contributed by atoms with Crippen LogP contribution in [-0.4, -0.2) is 124 Å². The highest BCUT2D eigenvalue weighted by atomic mass is 16.6. The van der Waals surface area contributed by atoms with E-state index in [1.807, 2.05) is 33.8 Å². The van der Waals surface area contributed by atoms with E-state index in [1.165, 1.54) is 7.11 Å². The zero-order valence-corrected chi connectivity index (χ0v) is 30.7. The Kier molecular flexibility index (Phi) is 15.5. The predicted octanol–water partition coefficient (Wildman–Crippen LogP) is 3.50. The average molecular weight is 709 g/mol. The maximum absolute atomic E-state index is 13.5. The van der Waals surface area contributed by atoms with Crippen LogP contribution < -0.4 is 5.32 Å². The molecule has 0 aromatic rings. The van der Waals surface area contributed by atoms with Crippen LogP contribution >= 0.6 is 0 Å². The van der Waals surface area contributed by atoms with Gasteiger partial charge in [-0.2, -0.15) is 0 Å². The summed E-state index contributed by atoms with van der Waals surface area (Å²) in [5.41, 5.74) is -1.50. The van der Waals surface area contributed by atoms with Crippen LogP contribution in [0.1, 0.15) is 86.5 Å². The number of epoxide rings is 1. The molecule has 0 aromatic heterocycles. The molecular formula is C37H60N2O11. The topological polar surface area (TPSA) is 188 Å². The first-order valence-corrected chi connectivity index (χ1v) is 17.9. The molecule has 2 fully saturated rings. The lowest BCUT2D eigenvalue weighted by atomic mass is 9.88. The van der Waals surface area contributed by atoms with Crippen molar-refractivity contribution in [3.05, 3.63) is 36.0 Å². The number of methoxy groups -OCH3 is 1. The molecule has 0 radical (unpaired) electrons. The van der Waals surface area contributed by atoms with Gasteiger partial charge in [0, 0.05) is 57.5 Å². The van der Waals surface area contributed by atoms with Crippen molar-refractivity contribution in [3.63, 3.8) is 0 Å². The second-order valence-corrected chi connectivity index (χ2v) is 14.7. The molecule has 50 heavy (non-hydrogen) atoms. The van der Waals surface area contributed by atoms with Gasteiger partial charge in [-0.05, 0) is 58.1 Å². The second-order valence-electron chi connectivity index (χ2n) is 14.7. The van der Waals surface area contributed by atoms with Crippen molar-refractivity contribution in [1.29, 1.82) is 0 Å². The van der Waals surface area contributed by atoms with Crippen molar-refractivity contribution in [3.8, 4) is 0 Å². The summed E-state index contributed by atoms with van der Waals surface area (Å²) in [5, 5.41) is 44.3. The molecule has 3 heterocycles. The lowest BCUT2D eigenvalue weighted by Crippen LogP contribution is -2.54. The van der Waals surface area contributed by atoms with Gasteiger partial charge in [0.15, 0.2) is 6.10 Å². The SMILES string of the molecule is CC[C@H](O)[C@@H](C)[C@@H]1O[C@@H]1C[C@@](C)(O)/C=C/C=C(\C)[C@H]1OC(=O)C[C@H](O)CC[C@@](C)(OC)[C@@H](OC(=O)N2CCN[C@@H](CCC(=O)O)C2)/C=C\[C@@H]1C. The summed E-state index contributed by atoms with van der Waals surface area (Å²) in [5.74, 6) is -1.85. The molecule has 13 nitrogen and oxygen atoms in total. The van der Waals surface area contributed by atoms with Crippen LogP contribution in [0.2, 0.25) is 0 Å². The summed E-state index contributed by atoms with van der Waals surface area (Å²) in [6.45, 7) is 12.3. The van der Waals surface area contributed by atoms with Crippen LogP contribution in [0, 0.1) is 11.8 Å². The number of cyclic esters (lactones) is 1. The molecule has 3 rings (SSSR count). The normalized spacial score (nSPS) is 34.4. The minimum Gasteiger partial charge on any atom is -0.481 e. The summed E-state index contributed by atoms with van der Waals surface area (Å²) in [4.78, 5) is 39.0. The monoisotopic (exact) mass is 708 g/mol. The van der Waals surface area contributed by atoms with E-state index in [-0.39, 0.29) is 55.8 Å². The number of aliphatic hydroxyl groups excluding tert-OH is 2. The molecule has 3 aliphatic rings. The fourth-order valence-electron chi connectivity index (χ4n) is 6.67. The van der Waals surface area contributed by atoms with Crippen LogP contribution in [0.3, 0.4) is 0 Å². The summed E-state index contributed by atoms with van der Waals surface area (Å²) in [6.07, 6.45) is 6.52. The van der Waals surface area contributed by atoms with Gasteiger partial charge in [-0.3, -0.25) is 9.59 Å². The van der Waals surface area contributed by atoms with E-state index in [0.717, 1.165) is 0 Å². The number of aliphatic carboxylic acids is 1. The van der Waals surface area contributed by atoms with E-state index in [1.54, 1.807) is 43.1 Å². The number of nitrogens with zero attached hydrogens (tertiary/aromatic N) is 1. The molecule has 11 atom stereocenters. The van der Waals surface area contributed by atoms with Crippen molar-refractivity contribution in [2.75, 3.05) is 26.7 Å². The number of nitrogens with one attached hydrogen (secondary N) is 1. The molecular weight excluding hydrogens is 648 g/mol. The molecule has 13 heteroatoms. The minimum atomic E-state index is -1.17. The zero-order chi connectivity index (χ0) is 37.2. The lowest BCUT2D eigenvalue weighted by molar-refractivity contribution is -0.151. The van der Waals surface area contributed by atoms with Gasteiger partial charge in [-0.15, -0.1) is 0 Å². The number of piperazine rings is 1. The Balaban J connectivity index is 1.77. The van der Waals surface area contributed by atoms with Crippen LogP contribution in [0.5, 0.6) is 0 Å². The number of carboxylic acids is 1. The second kappa shape index (κ2) is 18.6. The maximum Gasteiger partial charge on any atom is 0.410 e. The number of ether oxygens (including phenoxy) is 4. The number of hydrogen-bond acceptors (Lipinski definition) is 11. The van der Waals surface area contributed by atoms with Gasteiger partial charge in [0.1, 0.15) is 11.7 Å². The van der Waals surface area contributed by atoms with E-state index < -0.39 is 53.6 Å². The number of carboxylic acid groups (broad SMARTS) is 1. The van der Waals surface area contributed by atoms with Gasteiger partial charge in [-0.25, -0.2) is 4.79 Å². The molecule has 284 valence electrons. The Morgan fingerprint density at radius 3 is 2.68 bits per heavy atom. The number of hydrogen-bond donors (Lipinski definition) is 5. The molecule has 3 aliphatic heterocycles. The quantitative estimate of drug-likeness (QED) is 0.0813. The van der Waals surface area contributed by atoms with Crippen LogP contribution in [-0.2, 0) is 28.5 Å². The smallest absolute Gasteiger partial charge is 0.410 e. The van der Waals surface area contributed by atoms with Crippen molar-refractivity contribution in [2.45, 2.75) is 140 Å². The summed E-state index contributed by atoms with van der Waals surface area (Å²) < 4.78 is 23.6. The summed E-state index contributed by atoms with van der Waals surface area (Å²) in [6, 6.07) is -0.173. The standard InChI is InChI=1S/C37H60N2O11/c1-8-28(41)25(4)34-29(48-34)21-36(5,46)16-9-10-23(2)33-24(3)11-13-30(37(6,47-7)17-15-27(40)20-32(44)50-33)49-35(45)39-19-18-38-26(22-39)12-14-31(42)43/h9-11,13,16,24-30,33-34,38,40-41,46H,8,12,14-15,17-22H2,1-7H3,(H,42,43)/b13-11-,16-9+,23-10+/t24-,25+,26-,27+,28-,29+,30-,33+,34-,36-,37+/m0/s1. The number of carbonyl (C=O) groups is 3. The van der Waals surface area contributed by atoms with E-state index in [0.29, 0.717) is 44.5 Å². The molecule has 0 aromatic carbocycles. The van der Waals surface area contributed by atoms with Crippen molar-refractivity contribution < 1.29 is 53.8 Å². The first-order valence-electron chi connectivity index (χ1n) is 17.9. The molecule has 2 saturated heterocycles. The van der Waals surface area contributed by atoms with Gasteiger partial charge in [0.25, 0.3) is 0 Å². The lowest BCUT2D eigenvalue weighted by Gasteiger charge is -2.38. The number of esters is 1. The van der Waals surface area contributed by atoms with E-state index in [2.05, 4.69) is 5.32 Å². The third kappa shape index (κ3) is 12.4. The van der Waals surface area contributed by atoms with Crippen LogP contribution in [0.25, 0.3) is 0 Å². The summed E-state index contributed by atoms with van der Waals surface area (Å²) in [7, 11) is 1.51. The molecule has 0 spiro atoms. The van der Waals surface area contributed by atoms with E-state index >= 15 is 0 Å². The third-order valence-electron chi connectivity index (χ3n) is 10.3. The van der Waals surface area contributed by atoms with Gasteiger partial charge < -0.3 is 49.6 Å². The largest absolute Gasteiger partial charge is 0.481 e. The Morgan fingerprint density at radius 1 is 1.30 bits per heavy atom. The highest BCUT2D eigenvalue weighted by Crippen LogP contribution is 2.37. The Bertz CT molecular complexity index is 1240. The Labute approximate surface area is 296 Å². The van der Waals surface area contributed by atoms with E-state index in [4.69, 9.17) is 24.1 Å². The van der Waals surface area contributed by atoms with Crippen molar-refractivity contribution in [2.24, 2.45) is 11.8 Å². The van der Waals surface area contributed by atoms with E-state index in [9.17, 15) is 29.7 Å². The first kappa shape index (κ1) is 41.6. The number of allylic oxidation sites excluding steroid dienone is 2. The van der Waals surface area contributed by atoms with Crippen molar-refractivity contribution >= 4 is 18.0 Å². The minimum absolute atomic E-state index is 0.0112. The molecule has 0 saturated carbocycles.